The zero-order valence-corrected chi connectivity index (χ0v) is 15.3. The second kappa shape index (κ2) is 8.08. The monoisotopic (exact) mass is 355 g/mol. The van der Waals surface area contributed by atoms with E-state index in [9.17, 15) is 9.59 Å². The molecule has 0 spiro atoms. The van der Waals surface area contributed by atoms with Crippen molar-refractivity contribution in [2.45, 2.75) is 26.7 Å². The van der Waals surface area contributed by atoms with E-state index in [2.05, 4.69) is 4.98 Å². The number of hydrogen-bond acceptors (Lipinski definition) is 3. The first kappa shape index (κ1) is 18.0. The largest absolute Gasteiger partial charge is 0.415 e. The van der Waals surface area contributed by atoms with Crippen LogP contribution in [0.5, 0.6) is 5.75 Å². The van der Waals surface area contributed by atoms with Gasteiger partial charge in [0.15, 0.2) is 0 Å². The highest BCUT2D eigenvalue weighted by atomic mass is 16.6. The number of nitrogens with zero attached hydrogens (tertiary/aromatic N) is 2. The molecule has 1 fully saturated rings. The molecule has 26 heavy (non-hydrogen) atoms. The van der Waals surface area contributed by atoms with Gasteiger partial charge in [0, 0.05) is 37.6 Å². The Kier molecular flexibility index (Phi) is 5.61. The van der Waals surface area contributed by atoms with Crippen LogP contribution in [0.15, 0.2) is 36.4 Å². The molecule has 6 heteroatoms. The van der Waals surface area contributed by atoms with Crippen molar-refractivity contribution in [2.24, 2.45) is 0 Å². The molecule has 0 radical (unpaired) electrons. The first-order valence-electron chi connectivity index (χ1n) is 8.97. The van der Waals surface area contributed by atoms with E-state index >= 15 is 0 Å². The standard InChI is InChI=1S/C20H25N3O3/c1-15-13-17(16(2)21-15)14-19(24)22-9-6-10-23(12-11-22)20(25)26-18-7-4-3-5-8-18/h3-5,7-8,13,21H,6,9-12,14H2,1-2H3. The molecule has 1 aromatic carbocycles. The lowest BCUT2D eigenvalue weighted by Gasteiger charge is -2.22. The minimum atomic E-state index is -0.359. The summed E-state index contributed by atoms with van der Waals surface area (Å²) in [6, 6.07) is 11.1. The Morgan fingerprint density at radius 1 is 1.04 bits per heavy atom. The molecule has 0 bridgehead atoms. The zero-order valence-electron chi connectivity index (χ0n) is 15.3. The van der Waals surface area contributed by atoms with Crippen LogP contribution in [0.1, 0.15) is 23.4 Å². The van der Waals surface area contributed by atoms with E-state index in [1.165, 1.54) is 0 Å². The number of para-hydroxylation sites is 1. The summed E-state index contributed by atoms with van der Waals surface area (Å²) in [5.74, 6) is 0.637. The fourth-order valence-corrected chi connectivity index (χ4v) is 3.24. The van der Waals surface area contributed by atoms with Crippen molar-refractivity contribution in [1.29, 1.82) is 0 Å². The van der Waals surface area contributed by atoms with Gasteiger partial charge in [0.25, 0.3) is 0 Å². The van der Waals surface area contributed by atoms with E-state index < -0.39 is 0 Å². The van der Waals surface area contributed by atoms with Crippen LogP contribution in [0.4, 0.5) is 4.79 Å². The predicted octanol–water partition coefficient (Wildman–Crippen LogP) is 2.91. The van der Waals surface area contributed by atoms with Crippen LogP contribution in [0.3, 0.4) is 0 Å². The number of carbonyl (C=O) groups is 2. The number of aryl methyl sites for hydroxylation is 2. The van der Waals surface area contributed by atoms with Crippen LogP contribution in [-0.2, 0) is 11.2 Å². The first-order valence-corrected chi connectivity index (χ1v) is 8.97. The maximum atomic E-state index is 12.6. The third-order valence-electron chi connectivity index (χ3n) is 4.65. The van der Waals surface area contributed by atoms with E-state index in [1.807, 2.05) is 43.0 Å². The fraction of sp³-hybridized carbons (Fsp3) is 0.400. The molecule has 1 saturated heterocycles. The van der Waals surface area contributed by atoms with E-state index in [0.29, 0.717) is 38.3 Å². The van der Waals surface area contributed by atoms with Gasteiger partial charge in [0.2, 0.25) is 5.91 Å². The summed E-state index contributed by atoms with van der Waals surface area (Å²) in [6.07, 6.45) is 0.786. The van der Waals surface area contributed by atoms with Gasteiger partial charge in [0.05, 0.1) is 6.42 Å². The predicted molar refractivity (Wildman–Crippen MR) is 99.2 cm³/mol. The summed E-state index contributed by atoms with van der Waals surface area (Å²) in [5.41, 5.74) is 3.15. The van der Waals surface area contributed by atoms with Gasteiger partial charge in [-0.15, -0.1) is 0 Å². The molecule has 1 N–H and O–H groups in total. The topological polar surface area (TPSA) is 65.6 Å². The normalized spacial score (nSPS) is 14.8. The molecule has 2 aromatic rings. The van der Waals surface area contributed by atoms with Gasteiger partial charge in [0.1, 0.15) is 5.75 Å². The maximum absolute atomic E-state index is 12.6. The highest BCUT2D eigenvalue weighted by molar-refractivity contribution is 5.79. The second-order valence-corrected chi connectivity index (χ2v) is 6.68. The minimum absolute atomic E-state index is 0.102. The van der Waals surface area contributed by atoms with Gasteiger partial charge in [-0.2, -0.15) is 0 Å². The molecule has 0 atom stereocenters. The third-order valence-corrected chi connectivity index (χ3v) is 4.65. The molecule has 3 rings (SSSR count). The number of ether oxygens (including phenoxy) is 1. The lowest BCUT2D eigenvalue weighted by Crippen LogP contribution is -2.39. The average Bonchev–Trinajstić information content (AvgIpc) is 2.82. The highest BCUT2D eigenvalue weighted by Gasteiger charge is 2.23. The number of aromatic amines is 1. The smallest absolute Gasteiger partial charge is 0.410 e. The van der Waals surface area contributed by atoms with Crippen molar-refractivity contribution in [2.75, 3.05) is 26.2 Å². The lowest BCUT2D eigenvalue weighted by atomic mass is 10.1. The van der Waals surface area contributed by atoms with Crippen molar-refractivity contribution >= 4 is 12.0 Å². The molecule has 1 aliphatic rings. The second-order valence-electron chi connectivity index (χ2n) is 6.68. The summed E-state index contributed by atoms with van der Waals surface area (Å²) in [4.78, 5) is 31.7. The Bertz CT molecular complexity index is 770. The van der Waals surface area contributed by atoms with Crippen LogP contribution in [0, 0.1) is 13.8 Å². The van der Waals surface area contributed by atoms with Crippen LogP contribution in [0.25, 0.3) is 0 Å². The third kappa shape index (κ3) is 4.45. The van der Waals surface area contributed by atoms with E-state index in [0.717, 1.165) is 23.4 Å². The summed E-state index contributed by atoms with van der Waals surface area (Å²) in [5, 5.41) is 0. The minimum Gasteiger partial charge on any atom is -0.410 e. The molecule has 2 heterocycles. The molecule has 6 nitrogen and oxygen atoms in total. The number of nitrogens with one attached hydrogen (secondary N) is 1. The van der Waals surface area contributed by atoms with Gasteiger partial charge in [-0.25, -0.2) is 4.79 Å². The zero-order chi connectivity index (χ0) is 18.5. The molecular formula is C20H25N3O3. The molecule has 138 valence electrons. The Balaban J connectivity index is 1.55. The molecule has 0 unspecified atom stereocenters. The molecular weight excluding hydrogens is 330 g/mol. The van der Waals surface area contributed by atoms with Crippen LogP contribution in [-0.4, -0.2) is 53.0 Å². The molecule has 1 aliphatic heterocycles. The van der Waals surface area contributed by atoms with Crippen LogP contribution in [0.2, 0.25) is 0 Å². The number of benzene rings is 1. The van der Waals surface area contributed by atoms with E-state index in [1.54, 1.807) is 17.0 Å². The SMILES string of the molecule is Cc1cc(CC(=O)N2CCCN(C(=O)Oc3ccccc3)CC2)c(C)[nH]1. The average molecular weight is 355 g/mol. The molecule has 1 aromatic heterocycles. The van der Waals surface area contributed by atoms with Crippen molar-refractivity contribution in [3.8, 4) is 5.75 Å². The van der Waals surface area contributed by atoms with Gasteiger partial charge >= 0.3 is 6.09 Å². The van der Waals surface area contributed by atoms with Crippen molar-refractivity contribution in [1.82, 2.24) is 14.8 Å². The number of amides is 2. The highest BCUT2D eigenvalue weighted by Crippen LogP contribution is 2.14. The Hall–Kier alpha value is -2.76. The first-order chi connectivity index (χ1) is 12.5. The number of rotatable bonds is 3. The van der Waals surface area contributed by atoms with Crippen LogP contribution < -0.4 is 4.74 Å². The lowest BCUT2D eigenvalue weighted by molar-refractivity contribution is -0.130. The van der Waals surface area contributed by atoms with Crippen molar-refractivity contribution in [3.63, 3.8) is 0 Å². The van der Waals surface area contributed by atoms with Gasteiger partial charge in [-0.3, -0.25) is 4.79 Å². The number of carbonyl (C=O) groups excluding carboxylic acids is 2. The number of aromatic nitrogens is 1. The van der Waals surface area contributed by atoms with Gasteiger partial charge in [-0.05, 0) is 44.0 Å². The number of H-pyrrole nitrogens is 1. The van der Waals surface area contributed by atoms with Gasteiger partial charge in [-0.1, -0.05) is 18.2 Å². The molecule has 0 aliphatic carbocycles. The summed E-state index contributed by atoms with van der Waals surface area (Å²) in [7, 11) is 0. The van der Waals surface area contributed by atoms with Crippen LogP contribution >= 0.6 is 0 Å². The molecule has 0 saturated carbocycles. The van der Waals surface area contributed by atoms with Crippen molar-refractivity contribution in [3.05, 3.63) is 53.3 Å². The summed E-state index contributed by atoms with van der Waals surface area (Å²) in [6.45, 7) is 6.25. The summed E-state index contributed by atoms with van der Waals surface area (Å²) >= 11 is 0. The van der Waals surface area contributed by atoms with E-state index in [-0.39, 0.29) is 12.0 Å². The Morgan fingerprint density at radius 2 is 1.73 bits per heavy atom. The van der Waals surface area contributed by atoms with E-state index in [4.69, 9.17) is 4.74 Å². The van der Waals surface area contributed by atoms with Gasteiger partial charge < -0.3 is 19.5 Å². The molecule has 2 amide bonds. The fourth-order valence-electron chi connectivity index (χ4n) is 3.24. The maximum Gasteiger partial charge on any atom is 0.415 e. The Morgan fingerprint density at radius 3 is 2.42 bits per heavy atom. The van der Waals surface area contributed by atoms with Crippen molar-refractivity contribution < 1.29 is 14.3 Å². The quantitative estimate of drug-likeness (QED) is 0.921. The summed E-state index contributed by atoms with van der Waals surface area (Å²) < 4.78 is 5.40. The number of hydrogen-bond donors (Lipinski definition) is 1. The Labute approximate surface area is 153 Å².